The number of ether oxygens (including phenoxy) is 2. The summed E-state index contributed by atoms with van der Waals surface area (Å²) in [5, 5.41) is 5.66. The third kappa shape index (κ3) is 4.77. The lowest BCUT2D eigenvalue weighted by molar-refractivity contribution is 0.0981. The maximum absolute atomic E-state index is 13.1. The van der Waals surface area contributed by atoms with Crippen LogP contribution in [-0.4, -0.2) is 32.2 Å². The zero-order chi connectivity index (χ0) is 23.4. The molecule has 0 radical (unpaired) electrons. The second kappa shape index (κ2) is 9.65. The molecule has 1 atom stereocenters. The van der Waals surface area contributed by atoms with Gasteiger partial charge in [-0.25, -0.2) is 4.79 Å². The van der Waals surface area contributed by atoms with E-state index in [0.717, 1.165) is 23.2 Å². The first-order chi connectivity index (χ1) is 16.0. The Balaban J connectivity index is 1.45. The molecule has 1 aliphatic heterocycles. The van der Waals surface area contributed by atoms with Gasteiger partial charge in [0.05, 0.1) is 19.9 Å². The predicted octanol–water partition coefficient (Wildman–Crippen LogP) is 4.62. The van der Waals surface area contributed by atoms with Crippen molar-refractivity contribution >= 4 is 23.3 Å². The number of carbonyl (C=O) groups is 2. The van der Waals surface area contributed by atoms with Crippen molar-refractivity contribution in [3.8, 4) is 11.5 Å². The third-order valence-electron chi connectivity index (χ3n) is 5.71. The van der Waals surface area contributed by atoms with Crippen LogP contribution < -0.4 is 25.0 Å². The van der Waals surface area contributed by atoms with Crippen LogP contribution in [0, 0.1) is 0 Å². The fourth-order valence-corrected chi connectivity index (χ4v) is 4.04. The summed E-state index contributed by atoms with van der Waals surface area (Å²) in [5.74, 6) is 1.13. The lowest BCUT2D eigenvalue weighted by Crippen LogP contribution is -2.35. The van der Waals surface area contributed by atoms with Crippen molar-refractivity contribution in [2.24, 2.45) is 0 Å². The summed E-state index contributed by atoms with van der Waals surface area (Å²) >= 11 is 0. The van der Waals surface area contributed by atoms with Crippen LogP contribution in [0.25, 0.3) is 0 Å². The van der Waals surface area contributed by atoms with E-state index in [2.05, 4.69) is 17.6 Å². The molecular formula is C26H27N3O4. The highest BCUT2D eigenvalue weighted by Crippen LogP contribution is 2.34. The zero-order valence-electron chi connectivity index (χ0n) is 18.9. The molecule has 0 aliphatic carbocycles. The maximum atomic E-state index is 13.1. The Kier molecular flexibility index (Phi) is 6.49. The Bertz CT molecular complexity index is 1160. The fourth-order valence-electron chi connectivity index (χ4n) is 4.04. The molecule has 170 valence electrons. The lowest BCUT2D eigenvalue weighted by atomic mass is 10.1. The molecular weight excluding hydrogens is 418 g/mol. The van der Waals surface area contributed by atoms with Crippen LogP contribution in [-0.2, 0) is 13.0 Å². The Morgan fingerprint density at radius 2 is 1.79 bits per heavy atom. The summed E-state index contributed by atoms with van der Waals surface area (Å²) in [4.78, 5) is 27.5. The number of anilines is 2. The van der Waals surface area contributed by atoms with Gasteiger partial charge in [-0.3, -0.25) is 4.79 Å². The molecule has 1 aliphatic rings. The maximum Gasteiger partial charge on any atom is 0.319 e. The number of nitrogens with zero attached hydrogens (tertiary/aromatic N) is 1. The molecule has 4 rings (SSSR count). The fraction of sp³-hybridized carbons (Fsp3) is 0.231. The van der Waals surface area contributed by atoms with Crippen LogP contribution in [0.4, 0.5) is 16.2 Å². The van der Waals surface area contributed by atoms with E-state index in [0.29, 0.717) is 29.3 Å². The molecule has 0 fully saturated rings. The van der Waals surface area contributed by atoms with Crippen LogP contribution in [0.2, 0.25) is 0 Å². The molecule has 0 aromatic heterocycles. The van der Waals surface area contributed by atoms with Gasteiger partial charge in [-0.1, -0.05) is 30.3 Å². The number of nitrogens with one attached hydrogen (secondary N) is 2. The second-order valence-corrected chi connectivity index (χ2v) is 7.93. The quantitative estimate of drug-likeness (QED) is 0.580. The van der Waals surface area contributed by atoms with E-state index < -0.39 is 0 Å². The van der Waals surface area contributed by atoms with Crippen LogP contribution in [0.5, 0.6) is 11.5 Å². The first-order valence-corrected chi connectivity index (χ1v) is 10.8. The van der Waals surface area contributed by atoms with Gasteiger partial charge in [0.2, 0.25) is 0 Å². The van der Waals surface area contributed by atoms with Gasteiger partial charge in [-0.15, -0.1) is 0 Å². The molecule has 0 spiro atoms. The molecule has 1 heterocycles. The van der Waals surface area contributed by atoms with Crippen molar-refractivity contribution in [3.63, 3.8) is 0 Å². The number of amides is 3. The number of benzene rings is 3. The molecule has 0 saturated carbocycles. The minimum Gasteiger partial charge on any atom is -0.497 e. The number of hydrogen-bond donors (Lipinski definition) is 2. The average molecular weight is 446 g/mol. The second-order valence-electron chi connectivity index (χ2n) is 7.93. The summed E-state index contributed by atoms with van der Waals surface area (Å²) in [6.45, 7) is 2.37. The highest BCUT2D eigenvalue weighted by atomic mass is 16.5. The minimum absolute atomic E-state index is 0.0173. The number of rotatable bonds is 6. The van der Waals surface area contributed by atoms with Gasteiger partial charge in [0, 0.05) is 29.9 Å². The number of hydrogen-bond acceptors (Lipinski definition) is 4. The van der Waals surface area contributed by atoms with Crippen molar-refractivity contribution in [2.75, 3.05) is 24.4 Å². The summed E-state index contributed by atoms with van der Waals surface area (Å²) < 4.78 is 10.5. The number of urea groups is 1. The molecule has 3 aromatic rings. The number of fused-ring (bicyclic) bond motifs is 1. The summed E-state index contributed by atoms with van der Waals surface area (Å²) in [7, 11) is 3.10. The number of methoxy groups -OCH3 is 2. The molecule has 0 saturated heterocycles. The average Bonchev–Trinajstić information content (AvgIpc) is 3.17. The van der Waals surface area contributed by atoms with Crippen molar-refractivity contribution in [1.82, 2.24) is 5.32 Å². The van der Waals surface area contributed by atoms with Crippen LogP contribution in [0.3, 0.4) is 0 Å². The Hall–Kier alpha value is -4.00. The van der Waals surface area contributed by atoms with Crippen LogP contribution in [0.1, 0.15) is 28.4 Å². The van der Waals surface area contributed by atoms with E-state index in [-0.39, 0.29) is 18.0 Å². The smallest absolute Gasteiger partial charge is 0.319 e. The Morgan fingerprint density at radius 1 is 1.00 bits per heavy atom. The summed E-state index contributed by atoms with van der Waals surface area (Å²) in [5.41, 5.74) is 4.13. The highest BCUT2D eigenvalue weighted by Gasteiger charge is 2.31. The standard InChI is InChI=1S/C26H27N3O4/c1-17-13-20-10-9-18(14-23(20)29(17)25(30)19-7-5-4-6-8-19)16-27-26(31)28-22-12-11-21(32-2)15-24(22)33-3/h4-12,14-15,17H,13,16H2,1-3H3,(H2,27,28,31)/t17-/m0/s1. The molecule has 0 bridgehead atoms. The molecule has 3 aromatic carbocycles. The Morgan fingerprint density at radius 3 is 2.52 bits per heavy atom. The van der Waals surface area contributed by atoms with Crippen molar-refractivity contribution < 1.29 is 19.1 Å². The van der Waals surface area contributed by atoms with Crippen LogP contribution >= 0.6 is 0 Å². The normalized spacial score (nSPS) is 14.4. The molecule has 0 unspecified atom stereocenters. The van der Waals surface area contributed by atoms with Gasteiger partial charge in [0.1, 0.15) is 11.5 Å². The highest BCUT2D eigenvalue weighted by molar-refractivity contribution is 6.07. The van der Waals surface area contributed by atoms with Gasteiger partial charge in [-0.05, 0) is 54.8 Å². The van der Waals surface area contributed by atoms with Gasteiger partial charge in [0.15, 0.2) is 0 Å². The van der Waals surface area contributed by atoms with E-state index in [9.17, 15) is 9.59 Å². The molecule has 3 amide bonds. The van der Waals surface area contributed by atoms with E-state index >= 15 is 0 Å². The van der Waals surface area contributed by atoms with Crippen molar-refractivity contribution in [3.05, 3.63) is 83.4 Å². The Labute approximate surface area is 193 Å². The lowest BCUT2D eigenvalue weighted by Gasteiger charge is -2.23. The predicted molar refractivity (Wildman–Crippen MR) is 128 cm³/mol. The van der Waals surface area contributed by atoms with Crippen molar-refractivity contribution in [2.45, 2.75) is 25.9 Å². The summed E-state index contributed by atoms with van der Waals surface area (Å²) in [6, 6.07) is 20.2. The van der Waals surface area contributed by atoms with E-state index in [1.807, 2.05) is 53.4 Å². The van der Waals surface area contributed by atoms with Gasteiger partial charge in [0.25, 0.3) is 5.91 Å². The van der Waals surface area contributed by atoms with Crippen LogP contribution in [0.15, 0.2) is 66.7 Å². The molecule has 7 heteroatoms. The van der Waals surface area contributed by atoms with Gasteiger partial charge in [-0.2, -0.15) is 0 Å². The monoisotopic (exact) mass is 445 g/mol. The zero-order valence-corrected chi connectivity index (χ0v) is 18.9. The largest absolute Gasteiger partial charge is 0.497 e. The van der Waals surface area contributed by atoms with E-state index in [1.165, 1.54) is 7.11 Å². The minimum atomic E-state index is -0.357. The van der Waals surface area contributed by atoms with E-state index in [1.54, 1.807) is 25.3 Å². The SMILES string of the molecule is COc1ccc(NC(=O)NCc2ccc3c(c2)N(C(=O)c2ccccc2)[C@@H](C)C3)c(OC)c1. The molecule has 7 nitrogen and oxygen atoms in total. The molecule has 33 heavy (non-hydrogen) atoms. The molecule has 2 N–H and O–H groups in total. The van der Waals surface area contributed by atoms with E-state index in [4.69, 9.17) is 9.47 Å². The summed E-state index contributed by atoms with van der Waals surface area (Å²) in [6.07, 6.45) is 0.805. The van der Waals surface area contributed by atoms with Gasteiger partial charge < -0.3 is 25.0 Å². The topological polar surface area (TPSA) is 79.9 Å². The van der Waals surface area contributed by atoms with Crippen molar-refractivity contribution in [1.29, 1.82) is 0 Å². The number of carbonyl (C=O) groups excluding carboxylic acids is 2. The third-order valence-corrected chi connectivity index (χ3v) is 5.71. The van der Waals surface area contributed by atoms with Gasteiger partial charge >= 0.3 is 6.03 Å². The first kappa shape index (κ1) is 22.2. The first-order valence-electron chi connectivity index (χ1n) is 10.8.